The number of likely N-dealkylation sites (N-methyl/N-ethyl adjacent to an activating group) is 1. The van der Waals surface area contributed by atoms with Gasteiger partial charge in [0.05, 0.1) is 29.8 Å². The molecule has 7 heteroatoms. The molecule has 0 spiro atoms. The summed E-state index contributed by atoms with van der Waals surface area (Å²) in [5.41, 5.74) is 2.68. The Hall–Kier alpha value is -2.19. The Bertz CT molecular complexity index is 899. The van der Waals surface area contributed by atoms with Gasteiger partial charge in [0.15, 0.2) is 0 Å². The van der Waals surface area contributed by atoms with E-state index in [0.717, 1.165) is 51.3 Å². The lowest BCUT2D eigenvalue weighted by molar-refractivity contribution is -0.0771. The summed E-state index contributed by atoms with van der Waals surface area (Å²) >= 11 is 0. The fourth-order valence-corrected chi connectivity index (χ4v) is 4.64. The molecule has 0 amide bonds. The van der Waals surface area contributed by atoms with Gasteiger partial charge in [0.25, 0.3) is 0 Å². The van der Waals surface area contributed by atoms with Gasteiger partial charge in [-0.25, -0.2) is 0 Å². The Morgan fingerprint density at radius 1 is 1.06 bits per heavy atom. The average molecular weight is 485 g/mol. The second kappa shape index (κ2) is 12.7. The number of rotatable bonds is 7. The van der Waals surface area contributed by atoms with Crippen LogP contribution in [-0.2, 0) is 16.9 Å². The van der Waals surface area contributed by atoms with Crippen LogP contribution in [0.25, 0.3) is 0 Å². The average Bonchev–Trinajstić information content (AvgIpc) is 3.33. The molecular weight excluding hydrogens is 440 g/mol. The zero-order valence-corrected chi connectivity index (χ0v) is 22.2. The summed E-state index contributed by atoms with van der Waals surface area (Å²) in [7, 11) is 2.18. The van der Waals surface area contributed by atoms with Crippen LogP contribution in [0.5, 0.6) is 0 Å². The van der Waals surface area contributed by atoms with Gasteiger partial charge in [-0.1, -0.05) is 45.4 Å². The van der Waals surface area contributed by atoms with Crippen LogP contribution in [0.2, 0.25) is 0 Å². The number of benzene rings is 1. The first-order valence-electron chi connectivity index (χ1n) is 13.1. The minimum atomic E-state index is -1.33. The van der Waals surface area contributed by atoms with Crippen molar-refractivity contribution in [2.45, 2.75) is 71.2 Å². The summed E-state index contributed by atoms with van der Waals surface area (Å²) in [4.78, 5) is 15.6. The third-order valence-electron chi connectivity index (χ3n) is 6.92. The highest BCUT2D eigenvalue weighted by Crippen LogP contribution is 2.31. The molecule has 0 unspecified atom stereocenters. The van der Waals surface area contributed by atoms with Gasteiger partial charge in [-0.3, -0.25) is 14.9 Å². The number of hydrogen-bond donors (Lipinski definition) is 2. The number of aromatic nitrogens is 1. The quantitative estimate of drug-likeness (QED) is 0.616. The Balaban J connectivity index is 0.00000108. The first-order chi connectivity index (χ1) is 16.8. The van der Waals surface area contributed by atoms with Crippen molar-refractivity contribution in [3.8, 4) is 0 Å². The van der Waals surface area contributed by atoms with E-state index in [1.54, 1.807) is 19.2 Å². The predicted octanol–water partition coefficient (Wildman–Crippen LogP) is 3.98. The Morgan fingerprint density at radius 2 is 1.74 bits per heavy atom. The van der Waals surface area contributed by atoms with Crippen molar-refractivity contribution in [3.05, 3.63) is 53.9 Å². The summed E-state index contributed by atoms with van der Waals surface area (Å²) in [5.74, 6) is 0. The number of nitrogens with zero attached hydrogens (tertiary/aromatic N) is 4. The molecule has 0 saturated carbocycles. The molecule has 2 saturated heterocycles. The molecule has 0 aliphatic carbocycles. The van der Waals surface area contributed by atoms with Crippen LogP contribution in [0.3, 0.4) is 0 Å². The molecule has 3 heterocycles. The Labute approximate surface area is 211 Å². The normalized spacial score (nSPS) is 21.3. The zero-order chi connectivity index (χ0) is 25.4. The van der Waals surface area contributed by atoms with Crippen molar-refractivity contribution in [2.24, 2.45) is 0 Å². The van der Waals surface area contributed by atoms with Gasteiger partial charge in [-0.15, -0.1) is 0 Å². The molecule has 4 rings (SSSR count). The Kier molecular flexibility index (Phi) is 9.92. The molecule has 2 aromatic rings. The lowest BCUT2D eigenvalue weighted by Crippen LogP contribution is -2.44. The van der Waals surface area contributed by atoms with E-state index < -0.39 is 11.7 Å². The third kappa shape index (κ3) is 6.73. The van der Waals surface area contributed by atoms with Crippen LogP contribution < -0.4 is 9.96 Å². The number of aliphatic hydroxyl groups is 2. The van der Waals surface area contributed by atoms with Gasteiger partial charge < -0.3 is 20.0 Å². The van der Waals surface area contributed by atoms with E-state index in [1.165, 1.54) is 17.7 Å². The predicted molar refractivity (Wildman–Crippen MR) is 143 cm³/mol. The number of para-hydroxylation sites is 1. The highest BCUT2D eigenvalue weighted by molar-refractivity contribution is 5.54. The molecule has 2 N–H and O–H groups in total. The highest BCUT2D eigenvalue weighted by atomic mass is 16.7. The topological polar surface area (TPSA) is 72.3 Å². The van der Waals surface area contributed by atoms with Crippen LogP contribution >= 0.6 is 0 Å². The summed E-state index contributed by atoms with van der Waals surface area (Å²) in [6, 6.07) is 12.4. The van der Waals surface area contributed by atoms with Gasteiger partial charge >= 0.3 is 0 Å². The fourth-order valence-electron chi connectivity index (χ4n) is 4.64. The van der Waals surface area contributed by atoms with Gasteiger partial charge in [0, 0.05) is 44.8 Å². The van der Waals surface area contributed by atoms with Crippen LogP contribution in [-0.4, -0.2) is 72.1 Å². The molecule has 35 heavy (non-hydrogen) atoms. The first-order valence-corrected chi connectivity index (χ1v) is 13.1. The lowest BCUT2D eigenvalue weighted by Gasteiger charge is -2.35. The van der Waals surface area contributed by atoms with E-state index in [9.17, 15) is 10.2 Å². The summed E-state index contributed by atoms with van der Waals surface area (Å²) in [6.07, 6.45) is 4.42. The molecule has 2 aliphatic heterocycles. The third-order valence-corrected chi connectivity index (χ3v) is 6.92. The van der Waals surface area contributed by atoms with E-state index >= 15 is 0 Å². The van der Waals surface area contributed by atoms with Crippen LogP contribution in [0, 0.1) is 0 Å². The van der Waals surface area contributed by atoms with E-state index in [4.69, 9.17) is 4.84 Å². The minimum absolute atomic E-state index is 0.119. The molecule has 1 aromatic carbocycles. The standard InChI is InChI=1S/C25H36N4O3.C3H8/c1-4-25(31,19(2)30)24-10-9-21(18-26-24)29-12-11-22(32-29)17-20-7-5-6-8-23(20)28-15-13-27(3)14-16-28;1-3-2/h5-10,18-19,22,30-31H,4,11-17H2,1-3H3;3H2,1-2H3/t19-,22-,25-;/m0./s1. The van der Waals surface area contributed by atoms with Crippen molar-refractivity contribution in [2.75, 3.05) is 49.7 Å². The second-order valence-electron chi connectivity index (χ2n) is 9.80. The molecule has 3 atom stereocenters. The molecule has 2 fully saturated rings. The summed E-state index contributed by atoms with van der Waals surface area (Å²) in [5, 5.41) is 22.6. The number of pyridine rings is 1. The van der Waals surface area contributed by atoms with Gasteiger partial charge in [0.2, 0.25) is 0 Å². The number of hydrogen-bond acceptors (Lipinski definition) is 7. The molecule has 194 valence electrons. The molecule has 2 aliphatic rings. The highest BCUT2D eigenvalue weighted by Gasteiger charge is 2.34. The van der Waals surface area contributed by atoms with Crippen molar-refractivity contribution < 1.29 is 15.1 Å². The number of piperazine rings is 1. The molecule has 7 nitrogen and oxygen atoms in total. The van der Waals surface area contributed by atoms with Crippen molar-refractivity contribution in [3.63, 3.8) is 0 Å². The molecule has 0 bridgehead atoms. The largest absolute Gasteiger partial charge is 0.390 e. The van der Waals surface area contributed by atoms with Crippen LogP contribution in [0.15, 0.2) is 42.6 Å². The SMILES string of the molecule is CCC.CC[C@@](O)(c1ccc(N2CC[C@@H](Cc3ccccc3N3CCN(C)CC3)O2)cn1)[C@H](C)O. The maximum Gasteiger partial charge on any atom is 0.132 e. The van der Waals surface area contributed by atoms with Crippen molar-refractivity contribution in [1.82, 2.24) is 9.88 Å². The Morgan fingerprint density at radius 3 is 2.34 bits per heavy atom. The first kappa shape index (κ1) is 27.4. The smallest absolute Gasteiger partial charge is 0.132 e. The lowest BCUT2D eigenvalue weighted by atomic mass is 9.90. The van der Waals surface area contributed by atoms with E-state index in [2.05, 4.69) is 59.9 Å². The van der Waals surface area contributed by atoms with Crippen LogP contribution in [0.4, 0.5) is 11.4 Å². The van der Waals surface area contributed by atoms with Crippen LogP contribution in [0.1, 0.15) is 58.2 Å². The summed E-state index contributed by atoms with van der Waals surface area (Å²) in [6.45, 7) is 12.8. The molecular formula is C28H44N4O3. The number of anilines is 2. The van der Waals surface area contributed by atoms with E-state index in [1.807, 2.05) is 18.1 Å². The maximum atomic E-state index is 10.7. The van der Waals surface area contributed by atoms with Crippen molar-refractivity contribution in [1.29, 1.82) is 0 Å². The maximum absolute atomic E-state index is 10.7. The fraction of sp³-hybridized carbons (Fsp3) is 0.607. The number of aliphatic hydroxyl groups excluding tert-OH is 1. The summed E-state index contributed by atoms with van der Waals surface area (Å²) < 4.78 is 0. The van der Waals surface area contributed by atoms with E-state index in [0.29, 0.717) is 12.1 Å². The second-order valence-corrected chi connectivity index (χ2v) is 9.80. The zero-order valence-electron chi connectivity index (χ0n) is 22.2. The van der Waals surface area contributed by atoms with Crippen molar-refractivity contribution >= 4 is 11.4 Å². The molecule has 1 aromatic heterocycles. The van der Waals surface area contributed by atoms with Gasteiger partial charge in [0.1, 0.15) is 5.60 Å². The minimum Gasteiger partial charge on any atom is -0.390 e. The van der Waals surface area contributed by atoms with E-state index in [-0.39, 0.29) is 6.10 Å². The monoisotopic (exact) mass is 484 g/mol. The van der Waals surface area contributed by atoms with Gasteiger partial charge in [-0.05, 0) is 50.6 Å². The molecule has 0 radical (unpaired) electrons. The van der Waals surface area contributed by atoms with Gasteiger partial charge in [-0.2, -0.15) is 0 Å². The number of hydroxylamine groups is 1.